The Kier molecular flexibility index (Phi) is 3.28. The topological polar surface area (TPSA) is 16.8 Å². The van der Waals surface area contributed by atoms with Crippen LogP contribution in [-0.4, -0.2) is 4.40 Å². The Bertz CT molecular complexity index is 806. The van der Waals surface area contributed by atoms with Crippen LogP contribution in [0.4, 0.5) is 5.69 Å². The Balaban J connectivity index is 2.12. The van der Waals surface area contributed by atoms with E-state index in [0.29, 0.717) is 10.0 Å². The predicted octanol–water partition coefficient (Wildman–Crippen LogP) is 4.48. The number of hydrogen-bond donors (Lipinski definition) is 0. The van der Waals surface area contributed by atoms with Gasteiger partial charge in [0.15, 0.2) is 0 Å². The Morgan fingerprint density at radius 1 is 0.842 bits per heavy atom. The fraction of sp³-hybridized carbons (Fsp3) is 0. The molecule has 2 aromatic heterocycles. The minimum atomic E-state index is 0.512. The molecule has 0 saturated heterocycles. The molecule has 0 unspecified atom stereocenters. The van der Waals surface area contributed by atoms with Crippen molar-refractivity contribution >= 4 is 34.4 Å². The van der Waals surface area contributed by atoms with Gasteiger partial charge < -0.3 is 4.40 Å². The van der Waals surface area contributed by atoms with Crippen molar-refractivity contribution in [3.63, 3.8) is 0 Å². The van der Waals surface area contributed by atoms with Crippen LogP contribution >= 0.6 is 23.2 Å². The molecule has 0 aliphatic heterocycles. The van der Waals surface area contributed by atoms with E-state index in [9.17, 15) is 0 Å². The normalized spacial score (nSPS) is 12.0. The third-order valence-corrected chi connectivity index (χ3v) is 3.52. The average molecular weight is 289 g/mol. The van der Waals surface area contributed by atoms with Crippen molar-refractivity contribution in [1.29, 1.82) is 0 Å². The van der Waals surface area contributed by atoms with Crippen LogP contribution in [0, 0.1) is 0 Å². The van der Waals surface area contributed by atoms with E-state index in [1.165, 1.54) is 0 Å². The average Bonchev–Trinajstić information content (AvgIpc) is 2.43. The lowest BCUT2D eigenvalue weighted by molar-refractivity contribution is 1.14. The molecule has 3 aromatic rings. The van der Waals surface area contributed by atoms with Crippen molar-refractivity contribution in [3.05, 3.63) is 76.3 Å². The first-order chi connectivity index (χ1) is 9.22. The number of nitrogens with zero attached hydrogens (tertiary/aromatic N) is 2. The molecule has 0 radical (unpaired) electrons. The fourth-order valence-electron chi connectivity index (χ4n) is 1.86. The molecule has 0 N–H and O–H groups in total. The summed E-state index contributed by atoms with van der Waals surface area (Å²) >= 11 is 11.9. The van der Waals surface area contributed by atoms with E-state index in [1.807, 2.05) is 53.2 Å². The molecule has 2 nitrogen and oxygen atoms in total. The SMILES string of the molecule is Clc1ccc(/N=c2\ccn3ccccc3c2)cc1Cl. The molecule has 0 fully saturated rings. The van der Waals surface area contributed by atoms with Gasteiger partial charge >= 0.3 is 0 Å². The molecular weight excluding hydrogens is 279 g/mol. The monoisotopic (exact) mass is 288 g/mol. The number of benzene rings is 1. The van der Waals surface area contributed by atoms with E-state index in [4.69, 9.17) is 23.2 Å². The highest BCUT2D eigenvalue weighted by Crippen LogP contribution is 2.26. The summed E-state index contributed by atoms with van der Waals surface area (Å²) < 4.78 is 2.04. The summed E-state index contributed by atoms with van der Waals surface area (Å²) in [6.07, 6.45) is 3.98. The first kappa shape index (κ1) is 12.3. The van der Waals surface area contributed by atoms with Crippen LogP contribution in [0.25, 0.3) is 5.52 Å². The summed E-state index contributed by atoms with van der Waals surface area (Å²) in [5.41, 5.74) is 1.87. The molecule has 4 heteroatoms. The lowest BCUT2D eigenvalue weighted by Gasteiger charge is -2.00. The van der Waals surface area contributed by atoms with Gasteiger partial charge in [-0.25, -0.2) is 4.99 Å². The van der Waals surface area contributed by atoms with Crippen molar-refractivity contribution in [2.24, 2.45) is 4.99 Å². The van der Waals surface area contributed by atoms with E-state index in [1.54, 1.807) is 12.1 Å². The highest BCUT2D eigenvalue weighted by Gasteiger charge is 1.98. The third-order valence-electron chi connectivity index (χ3n) is 2.79. The first-order valence-electron chi connectivity index (χ1n) is 5.79. The second-order valence-corrected chi connectivity index (χ2v) is 4.94. The van der Waals surface area contributed by atoms with Crippen molar-refractivity contribution in [3.8, 4) is 0 Å². The number of pyridine rings is 2. The Morgan fingerprint density at radius 3 is 2.58 bits per heavy atom. The molecule has 0 amide bonds. The summed E-state index contributed by atoms with van der Waals surface area (Å²) in [5, 5.41) is 1.93. The van der Waals surface area contributed by atoms with Crippen LogP contribution in [0.15, 0.2) is 65.9 Å². The van der Waals surface area contributed by atoms with Crippen molar-refractivity contribution in [2.75, 3.05) is 0 Å². The minimum absolute atomic E-state index is 0.512. The summed E-state index contributed by atoms with van der Waals surface area (Å²) in [7, 11) is 0. The second-order valence-electron chi connectivity index (χ2n) is 4.13. The summed E-state index contributed by atoms with van der Waals surface area (Å²) in [6, 6.07) is 15.3. The van der Waals surface area contributed by atoms with Crippen LogP contribution in [0.1, 0.15) is 0 Å². The zero-order valence-corrected chi connectivity index (χ0v) is 11.4. The smallest absolute Gasteiger partial charge is 0.0672 e. The van der Waals surface area contributed by atoms with E-state index >= 15 is 0 Å². The zero-order valence-electron chi connectivity index (χ0n) is 9.92. The molecule has 0 spiro atoms. The lowest BCUT2D eigenvalue weighted by atomic mass is 10.3. The molecule has 1 aromatic carbocycles. The van der Waals surface area contributed by atoms with Gasteiger partial charge in [0.2, 0.25) is 0 Å². The van der Waals surface area contributed by atoms with Crippen LogP contribution in [0.2, 0.25) is 10.0 Å². The van der Waals surface area contributed by atoms with Gasteiger partial charge in [0.05, 0.1) is 21.1 Å². The molecule has 0 aliphatic rings. The molecule has 0 saturated carbocycles. The van der Waals surface area contributed by atoms with Crippen LogP contribution in [0.5, 0.6) is 0 Å². The fourth-order valence-corrected chi connectivity index (χ4v) is 2.15. The van der Waals surface area contributed by atoms with Gasteiger partial charge in [-0.15, -0.1) is 0 Å². The number of halogens is 2. The van der Waals surface area contributed by atoms with Gasteiger partial charge in [-0.2, -0.15) is 0 Å². The molecule has 0 atom stereocenters. The number of hydrogen-bond acceptors (Lipinski definition) is 1. The second kappa shape index (κ2) is 5.08. The standard InChI is InChI=1S/C15H10Cl2N2/c16-14-5-4-11(10-15(14)17)18-12-6-8-19-7-2-1-3-13(19)9-12/h1-10H/b18-12+. The van der Waals surface area contributed by atoms with Gasteiger partial charge in [0, 0.05) is 17.9 Å². The van der Waals surface area contributed by atoms with E-state index < -0.39 is 0 Å². The summed E-state index contributed by atoms with van der Waals surface area (Å²) in [5.74, 6) is 0. The molecule has 0 aliphatic carbocycles. The van der Waals surface area contributed by atoms with Gasteiger partial charge in [-0.1, -0.05) is 29.3 Å². The number of fused-ring (bicyclic) bond motifs is 1. The van der Waals surface area contributed by atoms with Gasteiger partial charge in [-0.05, 0) is 42.5 Å². The van der Waals surface area contributed by atoms with Crippen LogP contribution in [-0.2, 0) is 0 Å². The molecule has 0 bridgehead atoms. The minimum Gasteiger partial charge on any atom is -0.324 e. The molecule has 94 valence electrons. The van der Waals surface area contributed by atoms with Gasteiger partial charge in [0.25, 0.3) is 0 Å². The number of aromatic nitrogens is 1. The largest absolute Gasteiger partial charge is 0.324 e. The highest BCUT2D eigenvalue weighted by atomic mass is 35.5. The van der Waals surface area contributed by atoms with Gasteiger partial charge in [0.1, 0.15) is 0 Å². The van der Waals surface area contributed by atoms with Crippen LogP contribution < -0.4 is 5.36 Å². The molecule has 19 heavy (non-hydrogen) atoms. The van der Waals surface area contributed by atoms with Crippen molar-refractivity contribution in [1.82, 2.24) is 4.40 Å². The third kappa shape index (κ3) is 2.65. The molecule has 2 heterocycles. The maximum Gasteiger partial charge on any atom is 0.0672 e. The van der Waals surface area contributed by atoms with Crippen LogP contribution in [0.3, 0.4) is 0 Å². The summed E-state index contributed by atoms with van der Waals surface area (Å²) in [4.78, 5) is 4.54. The first-order valence-corrected chi connectivity index (χ1v) is 6.55. The predicted molar refractivity (Wildman–Crippen MR) is 79.1 cm³/mol. The Hall–Kier alpha value is -1.77. The number of rotatable bonds is 1. The van der Waals surface area contributed by atoms with E-state index in [0.717, 1.165) is 16.6 Å². The van der Waals surface area contributed by atoms with Gasteiger partial charge in [-0.3, -0.25) is 0 Å². The van der Waals surface area contributed by atoms with Crippen molar-refractivity contribution in [2.45, 2.75) is 0 Å². The summed E-state index contributed by atoms with van der Waals surface area (Å²) in [6.45, 7) is 0. The van der Waals surface area contributed by atoms with Crippen molar-refractivity contribution < 1.29 is 0 Å². The van der Waals surface area contributed by atoms with E-state index in [2.05, 4.69) is 4.99 Å². The Labute approximate surface area is 120 Å². The highest BCUT2D eigenvalue weighted by molar-refractivity contribution is 6.42. The zero-order chi connectivity index (χ0) is 13.2. The lowest BCUT2D eigenvalue weighted by Crippen LogP contribution is -2.01. The Morgan fingerprint density at radius 2 is 1.74 bits per heavy atom. The maximum absolute atomic E-state index is 5.98. The quantitative estimate of drug-likeness (QED) is 0.628. The maximum atomic E-state index is 5.98. The van der Waals surface area contributed by atoms with E-state index in [-0.39, 0.29) is 0 Å². The molecule has 3 rings (SSSR count). The molecular formula is C15H10Cl2N2.